The molecule has 2 aromatic heterocycles. The van der Waals surface area contributed by atoms with Crippen LogP contribution in [-0.4, -0.2) is 15.1 Å². The van der Waals surface area contributed by atoms with Gasteiger partial charge in [0.1, 0.15) is 0 Å². The Balaban J connectivity index is 2.28. The Bertz CT molecular complexity index is 487. The highest BCUT2D eigenvalue weighted by atomic mass is 16.5. The molecule has 0 aliphatic carbocycles. The third-order valence-corrected chi connectivity index (χ3v) is 2.56. The number of pyridine rings is 1. The van der Waals surface area contributed by atoms with E-state index >= 15 is 0 Å². The Labute approximate surface area is 100 Å². The number of hydrogen-bond acceptors (Lipinski definition) is 5. The summed E-state index contributed by atoms with van der Waals surface area (Å²) in [7, 11) is 0. The van der Waals surface area contributed by atoms with Gasteiger partial charge in [-0.3, -0.25) is 4.98 Å². The average Bonchev–Trinajstić information content (AvgIpc) is 2.77. The van der Waals surface area contributed by atoms with Crippen molar-refractivity contribution in [2.75, 3.05) is 0 Å². The number of nitrogens with two attached hydrogens (primary N) is 1. The molecule has 0 aliphatic rings. The van der Waals surface area contributed by atoms with Crippen LogP contribution in [0.1, 0.15) is 32.7 Å². The van der Waals surface area contributed by atoms with E-state index in [1.54, 1.807) is 12.4 Å². The van der Waals surface area contributed by atoms with E-state index in [-0.39, 0.29) is 11.5 Å². The van der Waals surface area contributed by atoms with Crippen LogP contribution in [0.5, 0.6) is 0 Å². The third-order valence-electron chi connectivity index (χ3n) is 2.56. The van der Waals surface area contributed by atoms with Crippen molar-refractivity contribution in [3.8, 4) is 11.4 Å². The van der Waals surface area contributed by atoms with Crippen molar-refractivity contribution in [3.63, 3.8) is 0 Å². The van der Waals surface area contributed by atoms with Gasteiger partial charge in [0.25, 0.3) is 0 Å². The monoisotopic (exact) mass is 232 g/mol. The minimum Gasteiger partial charge on any atom is -0.337 e. The number of aromatic nitrogens is 3. The fourth-order valence-electron chi connectivity index (χ4n) is 1.34. The maximum atomic E-state index is 6.05. The second-order valence-electron chi connectivity index (χ2n) is 5.04. The minimum absolute atomic E-state index is 0.112. The van der Waals surface area contributed by atoms with Crippen molar-refractivity contribution in [1.29, 1.82) is 0 Å². The largest absolute Gasteiger partial charge is 0.337 e. The molecule has 2 N–H and O–H groups in total. The summed E-state index contributed by atoms with van der Waals surface area (Å²) in [4.78, 5) is 8.32. The van der Waals surface area contributed by atoms with Gasteiger partial charge in [0.05, 0.1) is 6.04 Å². The standard InChI is InChI=1S/C12H16N4O/c1-12(2,3)9(13)11-15-10(16-17-11)8-5-4-6-14-7-8/h4-7,9H,13H2,1-3H3/t9-/m1/s1. The quantitative estimate of drug-likeness (QED) is 0.858. The second-order valence-corrected chi connectivity index (χ2v) is 5.04. The molecule has 0 aliphatic heterocycles. The van der Waals surface area contributed by atoms with Crippen LogP contribution in [0.4, 0.5) is 0 Å². The SMILES string of the molecule is CC(C)(C)[C@H](N)c1nc(-c2cccnc2)no1. The molecule has 90 valence electrons. The maximum Gasteiger partial charge on any atom is 0.244 e. The van der Waals surface area contributed by atoms with Gasteiger partial charge in [-0.1, -0.05) is 25.9 Å². The topological polar surface area (TPSA) is 77.8 Å². The van der Waals surface area contributed by atoms with Gasteiger partial charge in [-0.15, -0.1) is 0 Å². The first-order valence-corrected chi connectivity index (χ1v) is 5.48. The van der Waals surface area contributed by atoms with Gasteiger partial charge in [0, 0.05) is 18.0 Å². The molecule has 0 radical (unpaired) electrons. The van der Waals surface area contributed by atoms with Crippen LogP contribution in [0.2, 0.25) is 0 Å². The Kier molecular flexibility index (Phi) is 2.93. The second kappa shape index (κ2) is 4.25. The molecule has 5 nitrogen and oxygen atoms in total. The molecule has 0 fully saturated rings. The van der Waals surface area contributed by atoms with Gasteiger partial charge in [0.2, 0.25) is 11.7 Å². The molecule has 2 aromatic rings. The van der Waals surface area contributed by atoms with Gasteiger partial charge in [0.15, 0.2) is 0 Å². The first-order valence-electron chi connectivity index (χ1n) is 5.48. The zero-order valence-corrected chi connectivity index (χ0v) is 10.2. The highest BCUT2D eigenvalue weighted by molar-refractivity contribution is 5.51. The smallest absolute Gasteiger partial charge is 0.244 e. The van der Waals surface area contributed by atoms with Gasteiger partial charge < -0.3 is 10.3 Å². The first kappa shape index (κ1) is 11.7. The van der Waals surface area contributed by atoms with Gasteiger partial charge in [-0.2, -0.15) is 4.98 Å². The summed E-state index contributed by atoms with van der Waals surface area (Å²) in [5.74, 6) is 0.976. The van der Waals surface area contributed by atoms with E-state index in [2.05, 4.69) is 15.1 Å². The first-order chi connectivity index (χ1) is 7.98. The van der Waals surface area contributed by atoms with Gasteiger partial charge in [-0.25, -0.2) is 0 Å². The van der Waals surface area contributed by atoms with Crippen LogP contribution in [0.3, 0.4) is 0 Å². The lowest BCUT2D eigenvalue weighted by atomic mass is 9.87. The summed E-state index contributed by atoms with van der Waals surface area (Å²) in [5, 5.41) is 3.91. The van der Waals surface area contributed by atoms with Crippen molar-refractivity contribution in [2.45, 2.75) is 26.8 Å². The fourth-order valence-corrected chi connectivity index (χ4v) is 1.34. The molecule has 0 saturated carbocycles. The van der Waals surface area contributed by atoms with E-state index in [9.17, 15) is 0 Å². The Hall–Kier alpha value is -1.75. The molecule has 1 atom stereocenters. The lowest BCUT2D eigenvalue weighted by molar-refractivity contribution is 0.253. The van der Waals surface area contributed by atoms with Crippen LogP contribution in [0.25, 0.3) is 11.4 Å². The minimum atomic E-state index is -0.277. The summed E-state index contributed by atoms with van der Waals surface area (Å²) in [6.07, 6.45) is 3.39. The van der Waals surface area contributed by atoms with Crippen LogP contribution < -0.4 is 5.73 Å². The van der Waals surface area contributed by atoms with Crippen LogP contribution in [0.15, 0.2) is 29.0 Å². The Morgan fingerprint density at radius 3 is 2.71 bits per heavy atom. The lowest BCUT2D eigenvalue weighted by Crippen LogP contribution is -2.26. The molecule has 0 unspecified atom stereocenters. The highest BCUT2D eigenvalue weighted by Crippen LogP contribution is 2.30. The van der Waals surface area contributed by atoms with Crippen LogP contribution in [0, 0.1) is 5.41 Å². The Morgan fingerprint density at radius 1 is 1.35 bits per heavy atom. The maximum absolute atomic E-state index is 6.05. The average molecular weight is 232 g/mol. The van der Waals surface area contributed by atoms with Crippen molar-refractivity contribution in [1.82, 2.24) is 15.1 Å². The number of hydrogen-bond donors (Lipinski definition) is 1. The molecule has 17 heavy (non-hydrogen) atoms. The van der Waals surface area contributed by atoms with Crippen molar-refractivity contribution >= 4 is 0 Å². The van der Waals surface area contributed by atoms with Crippen molar-refractivity contribution < 1.29 is 4.52 Å². The summed E-state index contributed by atoms with van der Waals surface area (Å²) in [6, 6.07) is 3.43. The molecular weight excluding hydrogens is 216 g/mol. The van der Waals surface area contributed by atoms with Gasteiger partial charge in [-0.05, 0) is 17.5 Å². The predicted molar refractivity (Wildman–Crippen MR) is 63.9 cm³/mol. The van der Waals surface area contributed by atoms with Crippen LogP contribution in [-0.2, 0) is 0 Å². The van der Waals surface area contributed by atoms with Gasteiger partial charge >= 0.3 is 0 Å². The predicted octanol–water partition coefficient (Wildman–Crippen LogP) is 2.18. The van der Waals surface area contributed by atoms with E-state index < -0.39 is 0 Å². The molecule has 0 aromatic carbocycles. The van der Waals surface area contributed by atoms with Crippen LogP contribution >= 0.6 is 0 Å². The zero-order valence-electron chi connectivity index (χ0n) is 10.2. The van der Waals surface area contributed by atoms with Crippen molar-refractivity contribution in [3.05, 3.63) is 30.4 Å². The molecule has 5 heteroatoms. The summed E-state index contributed by atoms with van der Waals surface area (Å²) in [5.41, 5.74) is 6.76. The summed E-state index contributed by atoms with van der Waals surface area (Å²) in [6.45, 7) is 6.10. The highest BCUT2D eigenvalue weighted by Gasteiger charge is 2.27. The molecule has 2 heterocycles. The molecule has 2 rings (SSSR count). The molecule has 0 amide bonds. The fraction of sp³-hybridized carbons (Fsp3) is 0.417. The van der Waals surface area contributed by atoms with E-state index in [1.807, 2.05) is 32.9 Å². The summed E-state index contributed by atoms with van der Waals surface area (Å²) >= 11 is 0. The molecule has 0 saturated heterocycles. The summed E-state index contributed by atoms with van der Waals surface area (Å²) < 4.78 is 5.19. The van der Waals surface area contributed by atoms with E-state index in [0.29, 0.717) is 11.7 Å². The normalized spacial score (nSPS) is 13.6. The van der Waals surface area contributed by atoms with Crippen molar-refractivity contribution in [2.24, 2.45) is 11.1 Å². The Morgan fingerprint density at radius 2 is 2.12 bits per heavy atom. The van der Waals surface area contributed by atoms with E-state index in [0.717, 1.165) is 5.56 Å². The third kappa shape index (κ3) is 2.50. The molecule has 0 spiro atoms. The zero-order chi connectivity index (χ0) is 12.5. The number of rotatable bonds is 2. The molecular formula is C12H16N4O. The molecule has 0 bridgehead atoms. The lowest BCUT2D eigenvalue weighted by Gasteiger charge is -2.23. The van der Waals surface area contributed by atoms with E-state index in [4.69, 9.17) is 10.3 Å². The van der Waals surface area contributed by atoms with E-state index in [1.165, 1.54) is 0 Å². The number of nitrogens with zero attached hydrogens (tertiary/aromatic N) is 3.